The third-order valence-corrected chi connectivity index (χ3v) is 3.74. The standard InChI is InChI=1S/C14H25NO2S/c1-11(2)15-9-14-8-13(12(3)18-14)10-17-7-5-6-16-4/h8,11,15H,5-7,9-10H2,1-4H3. The second kappa shape index (κ2) is 8.64. The van der Waals surface area contributed by atoms with Gasteiger partial charge in [0.1, 0.15) is 0 Å². The van der Waals surface area contributed by atoms with E-state index in [0.717, 1.165) is 26.2 Å². The fourth-order valence-electron chi connectivity index (χ4n) is 1.61. The molecule has 1 rings (SSSR count). The highest BCUT2D eigenvalue weighted by molar-refractivity contribution is 7.12. The molecule has 0 spiro atoms. The average Bonchev–Trinajstić information content (AvgIpc) is 2.67. The van der Waals surface area contributed by atoms with Crippen LogP contribution in [0.2, 0.25) is 0 Å². The first-order valence-corrected chi connectivity index (χ1v) is 7.33. The van der Waals surface area contributed by atoms with E-state index in [9.17, 15) is 0 Å². The molecule has 0 saturated heterocycles. The van der Waals surface area contributed by atoms with Crippen molar-refractivity contribution in [3.63, 3.8) is 0 Å². The second-order valence-corrected chi connectivity index (χ2v) is 6.07. The van der Waals surface area contributed by atoms with Gasteiger partial charge in [-0.3, -0.25) is 0 Å². The zero-order chi connectivity index (χ0) is 13.4. The fraction of sp³-hybridized carbons (Fsp3) is 0.714. The van der Waals surface area contributed by atoms with Gasteiger partial charge in [0.2, 0.25) is 0 Å². The van der Waals surface area contributed by atoms with E-state index in [4.69, 9.17) is 9.47 Å². The van der Waals surface area contributed by atoms with E-state index in [1.807, 2.05) is 11.3 Å². The molecule has 104 valence electrons. The number of hydrogen-bond acceptors (Lipinski definition) is 4. The van der Waals surface area contributed by atoms with Gasteiger partial charge in [0.05, 0.1) is 6.61 Å². The summed E-state index contributed by atoms with van der Waals surface area (Å²) in [5.41, 5.74) is 1.32. The highest BCUT2D eigenvalue weighted by Gasteiger charge is 2.06. The molecule has 0 aliphatic rings. The van der Waals surface area contributed by atoms with E-state index in [0.29, 0.717) is 12.6 Å². The van der Waals surface area contributed by atoms with Gasteiger partial charge in [-0.2, -0.15) is 0 Å². The van der Waals surface area contributed by atoms with Gasteiger partial charge in [-0.05, 0) is 25.0 Å². The van der Waals surface area contributed by atoms with Crippen molar-refractivity contribution in [2.75, 3.05) is 20.3 Å². The summed E-state index contributed by atoms with van der Waals surface area (Å²) in [6.45, 7) is 9.70. The molecule has 3 nitrogen and oxygen atoms in total. The van der Waals surface area contributed by atoms with Crippen LogP contribution in [0.1, 0.15) is 35.6 Å². The second-order valence-electron chi connectivity index (χ2n) is 4.73. The van der Waals surface area contributed by atoms with Crippen molar-refractivity contribution in [1.82, 2.24) is 5.32 Å². The Morgan fingerprint density at radius 3 is 2.78 bits per heavy atom. The smallest absolute Gasteiger partial charge is 0.0727 e. The summed E-state index contributed by atoms with van der Waals surface area (Å²) in [4.78, 5) is 2.75. The molecule has 4 heteroatoms. The van der Waals surface area contributed by atoms with E-state index < -0.39 is 0 Å². The first kappa shape index (κ1) is 15.6. The van der Waals surface area contributed by atoms with Crippen molar-refractivity contribution in [2.24, 2.45) is 0 Å². The minimum absolute atomic E-state index is 0.529. The van der Waals surface area contributed by atoms with Crippen LogP contribution in [-0.2, 0) is 22.6 Å². The van der Waals surface area contributed by atoms with Gasteiger partial charge in [-0.1, -0.05) is 13.8 Å². The molecule has 1 N–H and O–H groups in total. The van der Waals surface area contributed by atoms with Crippen LogP contribution in [0.4, 0.5) is 0 Å². The van der Waals surface area contributed by atoms with E-state index in [1.54, 1.807) is 7.11 Å². The number of methoxy groups -OCH3 is 1. The van der Waals surface area contributed by atoms with E-state index in [2.05, 4.69) is 32.2 Å². The monoisotopic (exact) mass is 271 g/mol. The first-order valence-electron chi connectivity index (χ1n) is 6.51. The average molecular weight is 271 g/mol. The van der Waals surface area contributed by atoms with Crippen molar-refractivity contribution in [3.05, 3.63) is 21.4 Å². The normalized spacial score (nSPS) is 11.4. The van der Waals surface area contributed by atoms with Crippen LogP contribution < -0.4 is 5.32 Å². The molecule has 0 unspecified atom stereocenters. The Labute approximate surface area is 114 Å². The molecule has 0 bridgehead atoms. The molecule has 1 heterocycles. The molecule has 1 aromatic heterocycles. The maximum Gasteiger partial charge on any atom is 0.0727 e. The van der Waals surface area contributed by atoms with Crippen LogP contribution in [0.3, 0.4) is 0 Å². The lowest BCUT2D eigenvalue weighted by Crippen LogP contribution is -2.21. The molecule has 0 fully saturated rings. The van der Waals surface area contributed by atoms with Gasteiger partial charge >= 0.3 is 0 Å². The number of hydrogen-bond donors (Lipinski definition) is 1. The van der Waals surface area contributed by atoms with Crippen molar-refractivity contribution in [2.45, 2.75) is 46.4 Å². The van der Waals surface area contributed by atoms with E-state index in [-0.39, 0.29) is 0 Å². The maximum absolute atomic E-state index is 5.65. The summed E-state index contributed by atoms with van der Waals surface area (Å²) in [6.07, 6.45) is 0.960. The van der Waals surface area contributed by atoms with Crippen LogP contribution in [0.25, 0.3) is 0 Å². The number of aryl methyl sites for hydroxylation is 1. The van der Waals surface area contributed by atoms with Gasteiger partial charge < -0.3 is 14.8 Å². The number of nitrogens with one attached hydrogen (secondary N) is 1. The maximum atomic E-state index is 5.65. The van der Waals surface area contributed by atoms with Crippen LogP contribution in [-0.4, -0.2) is 26.4 Å². The Morgan fingerprint density at radius 1 is 1.33 bits per heavy atom. The topological polar surface area (TPSA) is 30.5 Å². The molecule has 0 saturated carbocycles. The van der Waals surface area contributed by atoms with Crippen LogP contribution in [0, 0.1) is 6.92 Å². The summed E-state index contributed by atoms with van der Waals surface area (Å²) in [5.74, 6) is 0. The van der Waals surface area contributed by atoms with E-state index >= 15 is 0 Å². The molecule has 0 amide bonds. The molecule has 1 aromatic rings. The zero-order valence-corrected chi connectivity index (χ0v) is 12.7. The minimum atomic E-state index is 0.529. The predicted molar refractivity (Wildman–Crippen MR) is 77.2 cm³/mol. The van der Waals surface area contributed by atoms with E-state index in [1.165, 1.54) is 15.3 Å². The van der Waals surface area contributed by atoms with Gasteiger partial charge in [0.25, 0.3) is 0 Å². The highest BCUT2D eigenvalue weighted by Crippen LogP contribution is 2.22. The van der Waals surface area contributed by atoms with Gasteiger partial charge in [-0.25, -0.2) is 0 Å². The third kappa shape index (κ3) is 5.96. The van der Waals surface area contributed by atoms with Gasteiger partial charge in [-0.15, -0.1) is 11.3 Å². The summed E-state index contributed by atoms with van der Waals surface area (Å²) in [5, 5.41) is 3.44. The number of thiophene rings is 1. The Kier molecular flexibility index (Phi) is 7.51. The van der Waals surface area contributed by atoms with Crippen molar-refractivity contribution < 1.29 is 9.47 Å². The summed E-state index contributed by atoms with van der Waals surface area (Å²) < 4.78 is 10.6. The summed E-state index contributed by atoms with van der Waals surface area (Å²) in [7, 11) is 1.72. The molecule has 0 aromatic carbocycles. The van der Waals surface area contributed by atoms with Crippen molar-refractivity contribution >= 4 is 11.3 Å². The number of ether oxygens (including phenoxy) is 2. The molecular weight excluding hydrogens is 246 g/mol. The Bertz CT molecular complexity index is 337. The fourth-order valence-corrected chi connectivity index (χ4v) is 2.61. The third-order valence-electron chi connectivity index (χ3n) is 2.65. The van der Waals surface area contributed by atoms with Crippen LogP contribution >= 0.6 is 11.3 Å². The molecular formula is C14H25NO2S. The van der Waals surface area contributed by atoms with Crippen LogP contribution in [0.15, 0.2) is 6.07 Å². The summed E-state index contributed by atoms with van der Waals surface area (Å²) in [6, 6.07) is 2.78. The number of rotatable bonds is 9. The van der Waals surface area contributed by atoms with Crippen molar-refractivity contribution in [3.8, 4) is 0 Å². The predicted octanol–water partition coefficient (Wildman–Crippen LogP) is 3.11. The zero-order valence-electron chi connectivity index (χ0n) is 11.9. The Morgan fingerprint density at radius 2 is 2.11 bits per heavy atom. The summed E-state index contributed by atoms with van der Waals surface area (Å²) >= 11 is 1.86. The molecule has 0 atom stereocenters. The highest BCUT2D eigenvalue weighted by atomic mass is 32.1. The lowest BCUT2D eigenvalue weighted by atomic mass is 10.2. The quantitative estimate of drug-likeness (QED) is 0.700. The van der Waals surface area contributed by atoms with Gasteiger partial charge in [0, 0.05) is 42.7 Å². The Hall–Kier alpha value is -0.420. The SMILES string of the molecule is COCCCOCc1cc(CNC(C)C)sc1C. The Balaban J connectivity index is 2.32. The van der Waals surface area contributed by atoms with Crippen molar-refractivity contribution in [1.29, 1.82) is 0 Å². The van der Waals surface area contributed by atoms with Crippen LogP contribution in [0.5, 0.6) is 0 Å². The first-order chi connectivity index (χ1) is 8.63. The lowest BCUT2D eigenvalue weighted by molar-refractivity contribution is 0.0928. The molecule has 18 heavy (non-hydrogen) atoms. The molecule has 0 radical (unpaired) electrons. The van der Waals surface area contributed by atoms with Gasteiger partial charge in [0.15, 0.2) is 0 Å². The minimum Gasteiger partial charge on any atom is -0.385 e. The molecule has 0 aliphatic carbocycles. The lowest BCUT2D eigenvalue weighted by Gasteiger charge is -2.05. The largest absolute Gasteiger partial charge is 0.385 e. The molecule has 0 aliphatic heterocycles.